The predicted octanol–water partition coefficient (Wildman–Crippen LogP) is 3.78. The predicted molar refractivity (Wildman–Crippen MR) is 102 cm³/mol. The van der Waals surface area contributed by atoms with Crippen molar-refractivity contribution >= 4 is 5.91 Å². The van der Waals surface area contributed by atoms with Crippen LogP contribution >= 0.6 is 0 Å². The average molecular weight is 330 g/mol. The second kappa shape index (κ2) is 8.27. The Balaban J connectivity index is 1.72. The molecule has 0 unspecified atom stereocenters. The summed E-state index contributed by atoms with van der Waals surface area (Å²) in [5.74, 6) is -0.0644. The molecule has 126 valence electrons. The number of benzene rings is 3. The number of nitrogens with two attached hydrogens (primary N) is 1. The first-order valence-corrected chi connectivity index (χ1v) is 8.48. The van der Waals surface area contributed by atoms with Crippen LogP contribution < -0.4 is 11.1 Å². The molecular formula is C22H22N2O. The third-order valence-electron chi connectivity index (χ3n) is 4.17. The van der Waals surface area contributed by atoms with E-state index in [0.717, 1.165) is 23.1 Å². The SMILES string of the molecule is NCCc1ccc(CNC(=O)c2ccccc2-c2ccccc2)cc1. The second-order valence-corrected chi connectivity index (χ2v) is 5.95. The normalized spacial score (nSPS) is 10.4. The fourth-order valence-electron chi connectivity index (χ4n) is 2.82. The second-order valence-electron chi connectivity index (χ2n) is 5.95. The molecule has 0 atom stereocenters. The van der Waals surface area contributed by atoms with Crippen molar-refractivity contribution in [2.45, 2.75) is 13.0 Å². The van der Waals surface area contributed by atoms with E-state index in [9.17, 15) is 4.79 Å². The molecule has 1 amide bonds. The number of amides is 1. The summed E-state index contributed by atoms with van der Waals surface area (Å²) in [5, 5.41) is 3.01. The van der Waals surface area contributed by atoms with E-state index in [1.165, 1.54) is 5.56 Å². The minimum absolute atomic E-state index is 0.0644. The molecule has 3 aromatic carbocycles. The van der Waals surface area contributed by atoms with Gasteiger partial charge < -0.3 is 11.1 Å². The number of hydrogen-bond acceptors (Lipinski definition) is 2. The van der Waals surface area contributed by atoms with E-state index in [1.54, 1.807) is 0 Å². The summed E-state index contributed by atoms with van der Waals surface area (Å²) in [6.07, 6.45) is 0.872. The number of hydrogen-bond donors (Lipinski definition) is 2. The largest absolute Gasteiger partial charge is 0.348 e. The fraction of sp³-hybridized carbons (Fsp3) is 0.136. The van der Waals surface area contributed by atoms with E-state index in [2.05, 4.69) is 17.4 Å². The molecule has 0 heterocycles. The first-order chi connectivity index (χ1) is 12.3. The molecule has 0 fully saturated rings. The molecule has 3 N–H and O–H groups in total. The summed E-state index contributed by atoms with van der Waals surface area (Å²) in [6, 6.07) is 25.8. The van der Waals surface area contributed by atoms with Gasteiger partial charge in [0.05, 0.1) is 0 Å². The van der Waals surface area contributed by atoms with E-state index in [1.807, 2.05) is 66.7 Å². The van der Waals surface area contributed by atoms with Gasteiger partial charge in [0.15, 0.2) is 0 Å². The zero-order chi connectivity index (χ0) is 17.5. The van der Waals surface area contributed by atoms with Crippen molar-refractivity contribution in [3.05, 3.63) is 95.6 Å². The average Bonchev–Trinajstić information content (AvgIpc) is 2.68. The molecule has 3 aromatic rings. The maximum atomic E-state index is 12.7. The molecule has 0 aliphatic rings. The van der Waals surface area contributed by atoms with Crippen LogP contribution in [0.25, 0.3) is 11.1 Å². The maximum absolute atomic E-state index is 12.7. The smallest absolute Gasteiger partial charge is 0.252 e. The van der Waals surface area contributed by atoms with Crippen molar-refractivity contribution in [2.24, 2.45) is 5.73 Å². The number of carbonyl (C=O) groups excluding carboxylic acids is 1. The summed E-state index contributed by atoms with van der Waals surface area (Å²) >= 11 is 0. The summed E-state index contributed by atoms with van der Waals surface area (Å²) in [7, 11) is 0. The fourth-order valence-corrected chi connectivity index (χ4v) is 2.82. The van der Waals surface area contributed by atoms with Crippen LogP contribution in [0.5, 0.6) is 0 Å². The highest BCUT2D eigenvalue weighted by atomic mass is 16.1. The van der Waals surface area contributed by atoms with Gasteiger partial charge >= 0.3 is 0 Å². The molecule has 0 aliphatic carbocycles. The van der Waals surface area contributed by atoms with E-state index in [0.29, 0.717) is 18.7 Å². The number of carbonyl (C=O) groups is 1. The minimum atomic E-state index is -0.0644. The third kappa shape index (κ3) is 4.34. The standard InChI is InChI=1S/C22H22N2O/c23-15-14-17-10-12-18(13-11-17)16-24-22(25)21-9-5-4-8-20(21)19-6-2-1-3-7-19/h1-13H,14-16,23H2,(H,24,25). The van der Waals surface area contributed by atoms with Gasteiger partial charge in [0.1, 0.15) is 0 Å². The Morgan fingerprint density at radius 3 is 2.16 bits per heavy atom. The lowest BCUT2D eigenvalue weighted by atomic mass is 9.99. The summed E-state index contributed by atoms with van der Waals surface area (Å²) in [6.45, 7) is 1.15. The van der Waals surface area contributed by atoms with Gasteiger partial charge in [0.25, 0.3) is 5.91 Å². The molecule has 0 saturated carbocycles. The number of nitrogens with one attached hydrogen (secondary N) is 1. The van der Waals surface area contributed by atoms with Gasteiger partial charge in [0, 0.05) is 12.1 Å². The lowest BCUT2D eigenvalue weighted by Crippen LogP contribution is -2.23. The first kappa shape index (κ1) is 16.9. The van der Waals surface area contributed by atoms with Crippen LogP contribution in [0.4, 0.5) is 0 Å². The van der Waals surface area contributed by atoms with Crippen LogP contribution in [0.3, 0.4) is 0 Å². The van der Waals surface area contributed by atoms with Gasteiger partial charge in [0.2, 0.25) is 0 Å². The molecule has 0 spiro atoms. The van der Waals surface area contributed by atoms with E-state index in [4.69, 9.17) is 5.73 Å². The number of rotatable bonds is 6. The van der Waals surface area contributed by atoms with Crippen molar-refractivity contribution in [3.8, 4) is 11.1 Å². The molecule has 3 rings (SSSR count). The van der Waals surface area contributed by atoms with Gasteiger partial charge in [-0.1, -0.05) is 72.8 Å². The van der Waals surface area contributed by atoms with E-state index >= 15 is 0 Å². The Bertz CT molecular complexity index is 826. The van der Waals surface area contributed by atoms with Gasteiger partial charge in [-0.25, -0.2) is 0 Å². The zero-order valence-electron chi connectivity index (χ0n) is 14.1. The Morgan fingerprint density at radius 2 is 1.44 bits per heavy atom. The Morgan fingerprint density at radius 1 is 0.800 bits per heavy atom. The Kier molecular flexibility index (Phi) is 5.60. The topological polar surface area (TPSA) is 55.1 Å². The van der Waals surface area contributed by atoms with E-state index in [-0.39, 0.29) is 5.91 Å². The van der Waals surface area contributed by atoms with Crippen LogP contribution in [0, 0.1) is 0 Å². The molecule has 0 radical (unpaired) electrons. The van der Waals surface area contributed by atoms with Gasteiger partial charge in [-0.2, -0.15) is 0 Å². The van der Waals surface area contributed by atoms with Crippen LogP contribution in [0.1, 0.15) is 21.5 Å². The highest BCUT2D eigenvalue weighted by molar-refractivity contribution is 6.00. The summed E-state index contributed by atoms with van der Waals surface area (Å²) in [4.78, 5) is 12.7. The van der Waals surface area contributed by atoms with Crippen molar-refractivity contribution in [2.75, 3.05) is 6.54 Å². The van der Waals surface area contributed by atoms with Gasteiger partial charge in [-0.3, -0.25) is 4.79 Å². The lowest BCUT2D eigenvalue weighted by molar-refractivity contribution is 0.0951. The molecular weight excluding hydrogens is 308 g/mol. The quantitative estimate of drug-likeness (QED) is 0.722. The lowest BCUT2D eigenvalue weighted by Gasteiger charge is -2.11. The van der Waals surface area contributed by atoms with Crippen LogP contribution in [-0.4, -0.2) is 12.5 Å². The first-order valence-electron chi connectivity index (χ1n) is 8.48. The van der Waals surface area contributed by atoms with Crippen LogP contribution in [0.15, 0.2) is 78.9 Å². The maximum Gasteiger partial charge on any atom is 0.252 e. The van der Waals surface area contributed by atoms with Crippen molar-refractivity contribution in [1.29, 1.82) is 0 Å². The van der Waals surface area contributed by atoms with Gasteiger partial charge in [-0.05, 0) is 41.3 Å². The van der Waals surface area contributed by atoms with Gasteiger partial charge in [-0.15, -0.1) is 0 Å². The summed E-state index contributed by atoms with van der Waals surface area (Å²) < 4.78 is 0. The zero-order valence-corrected chi connectivity index (χ0v) is 14.1. The molecule has 3 heteroatoms. The Labute approximate surface area is 148 Å². The molecule has 0 aromatic heterocycles. The van der Waals surface area contributed by atoms with Crippen molar-refractivity contribution in [3.63, 3.8) is 0 Å². The third-order valence-corrected chi connectivity index (χ3v) is 4.17. The molecule has 25 heavy (non-hydrogen) atoms. The Hall–Kier alpha value is -2.91. The van der Waals surface area contributed by atoms with Crippen LogP contribution in [-0.2, 0) is 13.0 Å². The highest BCUT2D eigenvalue weighted by Crippen LogP contribution is 2.23. The summed E-state index contributed by atoms with van der Waals surface area (Å²) in [5.41, 5.74) is 10.5. The van der Waals surface area contributed by atoms with Crippen molar-refractivity contribution in [1.82, 2.24) is 5.32 Å². The minimum Gasteiger partial charge on any atom is -0.348 e. The molecule has 0 saturated heterocycles. The molecule has 0 aliphatic heterocycles. The molecule has 0 bridgehead atoms. The monoisotopic (exact) mass is 330 g/mol. The van der Waals surface area contributed by atoms with E-state index < -0.39 is 0 Å². The van der Waals surface area contributed by atoms with Crippen molar-refractivity contribution < 1.29 is 4.79 Å². The highest BCUT2D eigenvalue weighted by Gasteiger charge is 2.11. The molecule has 3 nitrogen and oxygen atoms in total. The van der Waals surface area contributed by atoms with Crippen LogP contribution in [0.2, 0.25) is 0 Å².